The Balaban J connectivity index is 1.58. The third-order valence-corrected chi connectivity index (χ3v) is 4.32. The summed E-state index contributed by atoms with van der Waals surface area (Å²) < 4.78 is 5.49. The second-order valence-electron chi connectivity index (χ2n) is 5.51. The molecule has 1 aromatic rings. The third kappa shape index (κ3) is 2.87. The van der Waals surface area contributed by atoms with Crippen LogP contribution in [0.3, 0.4) is 0 Å². The average Bonchev–Trinajstić information content (AvgIpc) is 3.07. The number of aliphatic carboxylic acids is 1. The molecule has 2 aliphatic heterocycles. The van der Waals surface area contributed by atoms with Gasteiger partial charge in [0, 0.05) is 11.6 Å². The van der Waals surface area contributed by atoms with Gasteiger partial charge < -0.3 is 15.2 Å². The first-order valence-corrected chi connectivity index (χ1v) is 7.53. The molecule has 1 amide bonds. The van der Waals surface area contributed by atoms with Crippen molar-refractivity contribution in [2.75, 3.05) is 6.54 Å². The second-order valence-corrected chi connectivity index (χ2v) is 5.95. The van der Waals surface area contributed by atoms with Crippen LogP contribution < -0.4 is 5.32 Å². The van der Waals surface area contributed by atoms with Gasteiger partial charge in [-0.25, -0.2) is 0 Å². The van der Waals surface area contributed by atoms with Crippen molar-refractivity contribution in [3.8, 4) is 0 Å². The van der Waals surface area contributed by atoms with Gasteiger partial charge in [0.2, 0.25) is 5.91 Å². The molecular weight excluding hydrogens is 306 g/mol. The molecule has 22 heavy (non-hydrogen) atoms. The highest BCUT2D eigenvalue weighted by Crippen LogP contribution is 2.39. The van der Waals surface area contributed by atoms with E-state index in [0.29, 0.717) is 18.0 Å². The lowest BCUT2D eigenvalue weighted by atomic mass is 9.82. The molecule has 6 heteroatoms. The Morgan fingerprint density at radius 3 is 2.64 bits per heavy atom. The van der Waals surface area contributed by atoms with Crippen LogP contribution in [0.4, 0.5) is 0 Å². The van der Waals surface area contributed by atoms with E-state index in [2.05, 4.69) is 5.32 Å². The molecule has 0 radical (unpaired) electrons. The van der Waals surface area contributed by atoms with E-state index in [1.807, 2.05) is 18.2 Å². The quantitative estimate of drug-likeness (QED) is 0.809. The molecule has 3 rings (SSSR count). The number of hydrogen-bond donors (Lipinski definition) is 2. The van der Waals surface area contributed by atoms with E-state index in [0.717, 1.165) is 5.56 Å². The number of nitrogens with one attached hydrogen (secondary N) is 1. The zero-order valence-corrected chi connectivity index (χ0v) is 12.5. The number of halogens is 1. The first-order valence-electron chi connectivity index (χ1n) is 7.15. The van der Waals surface area contributed by atoms with Crippen LogP contribution in [-0.4, -0.2) is 35.7 Å². The van der Waals surface area contributed by atoms with Gasteiger partial charge in [-0.3, -0.25) is 9.59 Å². The van der Waals surface area contributed by atoms with Crippen LogP contribution in [0.15, 0.2) is 36.4 Å². The van der Waals surface area contributed by atoms with Crippen molar-refractivity contribution < 1.29 is 19.4 Å². The van der Waals surface area contributed by atoms with Gasteiger partial charge in [0.05, 0.1) is 18.1 Å². The van der Waals surface area contributed by atoms with Gasteiger partial charge in [-0.1, -0.05) is 35.9 Å². The number of rotatable bonds is 5. The molecule has 0 aromatic heterocycles. The number of carboxylic acid groups (broad SMARTS) is 1. The van der Waals surface area contributed by atoms with Gasteiger partial charge in [-0.2, -0.15) is 0 Å². The summed E-state index contributed by atoms with van der Waals surface area (Å²) in [6.45, 7) is 0.434. The summed E-state index contributed by atoms with van der Waals surface area (Å²) in [5.41, 5.74) is 1.02. The Morgan fingerprint density at radius 1 is 1.23 bits per heavy atom. The number of carboxylic acids is 1. The molecule has 1 fully saturated rings. The lowest BCUT2D eigenvalue weighted by molar-refractivity contribution is -0.146. The smallest absolute Gasteiger partial charge is 0.310 e. The summed E-state index contributed by atoms with van der Waals surface area (Å²) in [7, 11) is 0. The van der Waals surface area contributed by atoms with Gasteiger partial charge in [0.1, 0.15) is 5.92 Å². The minimum Gasteiger partial charge on any atom is -0.481 e. The van der Waals surface area contributed by atoms with E-state index in [1.54, 1.807) is 18.2 Å². The fourth-order valence-corrected chi connectivity index (χ4v) is 3.27. The standard InChI is InChI=1S/C16H16ClNO4/c17-10-3-1-2-9(8-10)6-7-18-15(19)13-11-4-5-12(22-11)14(13)16(20)21/h1-5,8,11-14H,6-7H2,(H,18,19)(H,20,21)/t11-,12+,13-,14+/m1/s1. The SMILES string of the molecule is O=C(O)[C@@H]1[C@H](C(=O)NCCc2cccc(Cl)c2)[C@H]2C=C[C@@H]1O2. The van der Waals surface area contributed by atoms with Crippen LogP contribution in [-0.2, 0) is 20.7 Å². The van der Waals surface area contributed by atoms with E-state index in [9.17, 15) is 14.7 Å². The van der Waals surface area contributed by atoms with Gasteiger partial charge in [-0.05, 0) is 24.1 Å². The van der Waals surface area contributed by atoms with Gasteiger partial charge in [0.15, 0.2) is 0 Å². The van der Waals surface area contributed by atoms with Crippen molar-refractivity contribution in [1.29, 1.82) is 0 Å². The summed E-state index contributed by atoms with van der Waals surface area (Å²) in [5.74, 6) is -2.73. The second kappa shape index (κ2) is 6.10. The molecule has 1 aromatic carbocycles. The van der Waals surface area contributed by atoms with Crippen molar-refractivity contribution in [3.05, 3.63) is 47.0 Å². The minimum atomic E-state index is -0.994. The maximum atomic E-state index is 12.3. The molecule has 4 atom stereocenters. The Hall–Kier alpha value is -1.85. The third-order valence-electron chi connectivity index (χ3n) is 4.09. The predicted molar refractivity (Wildman–Crippen MR) is 80.6 cm³/mol. The van der Waals surface area contributed by atoms with E-state index >= 15 is 0 Å². The molecule has 116 valence electrons. The minimum absolute atomic E-state index is 0.272. The molecular formula is C16H16ClNO4. The highest BCUT2D eigenvalue weighted by Gasteiger charge is 2.53. The maximum Gasteiger partial charge on any atom is 0.310 e. The lowest BCUT2D eigenvalue weighted by Gasteiger charge is -2.20. The van der Waals surface area contributed by atoms with Crippen LogP contribution in [0.2, 0.25) is 5.02 Å². The zero-order valence-electron chi connectivity index (χ0n) is 11.7. The van der Waals surface area contributed by atoms with Crippen molar-refractivity contribution in [2.24, 2.45) is 11.8 Å². The number of ether oxygens (including phenoxy) is 1. The Kier molecular flexibility index (Phi) is 4.18. The number of carbonyl (C=O) groups is 2. The van der Waals surface area contributed by atoms with Crippen molar-refractivity contribution in [3.63, 3.8) is 0 Å². The molecule has 5 nitrogen and oxygen atoms in total. The van der Waals surface area contributed by atoms with Crippen molar-refractivity contribution in [1.82, 2.24) is 5.32 Å². The normalized spacial score (nSPS) is 28.8. The highest BCUT2D eigenvalue weighted by atomic mass is 35.5. The Bertz CT molecular complexity index is 630. The van der Waals surface area contributed by atoms with E-state index in [-0.39, 0.29) is 5.91 Å². The highest BCUT2D eigenvalue weighted by molar-refractivity contribution is 6.30. The summed E-state index contributed by atoms with van der Waals surface area (Å²) in [6.07, 6.45) is 3.20. The monoisotopic (exact) mass is 321 g/mol. The van der Waals surface area contributed by atoms with Gasteiger partial charge in [0.25, 0.3) is 0 Å². The van der Waals surface area contributed by atoms with Crippen LogP contribution in [0.25, 0.3) is 0 Å². The number of carbonyl (C=O) groups excluding carboxylic acids is 1. The largest absolute Gasteiger partial charge is 0.481 e. The topological polar surface area (TPSA) is 75.6 Å². The first-order chi connectivity index (χ1) is 10.6. The Morgan fingerprint density at radius 2 is 1.95 bits per heavy atom. The number of fused-ring (bicyclic) bond motifs is 2. The van der Waals surface area contributed by atoms with Gasteiger partial charge in [-0.15, -0.1) is 0 Å². The predicted octanol–water partition coefficient (Wildman–Crippen LogP) is 1.65. The molecule has 0 saturated carbocycles. The molecule has 2 N–H and O–H groups in total. The average molecular weight is 322 g/mol. The molecule has 0 aliphatic carbocycles. The molecule has 1 saturated heterocycles. The molecule has 0 unspecified atom stereocenters. The molecule has 2 bridgehead atoms. The number of benzene rings is 1. The summed E-state index contributed by atoms with van der Waals surface area (Å²) in [5, 5.41) is 12.7. The van der Waals surface area contributed by atoms with Crippen LogP contribution in [0.1, 0.15) is 5.56 Å². The maximum absolute atomic E-state index is 12.3. The molecule has 2 heterocycles. The van der Waals surface area contributed by atoms with Crippen molar-refractivity contribution in [2.45, 2.75) is 18.6 Å². The molecule has 0 spiro atoms. The van der Waals surface area contributed by atoms with Crippen molar-refractivity contribution >= 4 is 23.5 Å². The van der Waals surface area contributed by atoms with E-state index < -0.39 is 30.0 Å². The number of amides is 1. The fourth-order valence-electron chi connectivity index (χ4n) is 3.06. The van der Waals surface area contributed by atoms with E-state index in [1.165, 1.54) is 0 Å². The zero-order chi connectivity index (χ0) is 15.7. The van der Waals surface area contributed by atoms with Crippen LogP contribution >= 0.6 is 11.6 Å². The Labute approximate surface area is 132 Å². The number of hydrogen-bond acceptors (Lipinski definition) is 3. The van der Waals surface area contributed by atoms with Crippen LogP contribution in [0, 0.1) is 11.8 Å². The fraction of sp³-hybridized carbons (Fsp3) is 0.375. The first kappa shape index (κ1) is 15.1. The molecule has 2 aliphatic rings. The van der Waals surface area contributed by atoms with E-state index in [4.69, 9.17) is 16.3 Å². The summed E-state index contributed by atoms with van der Waals surface area (Å²) >= 11 is 5.91. The lowest BCUT2D eigenvalue weighted by Crippen LogP contribution is -2.43. The van der Waals surface area contributed by atoms with Gasteiger partial charge >= 0.3 is 5.97 Å². The summed E-state index contributed by atoms with van der Waals surface area (Å²) in [6, 6.07) is 7.42. The van der Waals surface area contributed by atoms with Crippen LogP contribution in [0.5, 0.6) is 0 Å². The summed E-state index contributed by atoms with van der Waals surface area (Å²) in [4.78, 5) is 23.6.